The van der Waals surface area contributed by atoms with Gasteiger partial charge in [-0.2, -0.15) is 5.26 Å². The van der Waals surface area contributed by atoms with E-state index in [4.69, 9.17) is 17.3 Å². The second-order valence-corrected chi connectivity index (χ2v) is 11.7. The van der Waals surface area contributed by atoms with Crippen molar-refractivity contribution < 1.29 is 17.6 Å². The highest BCUT2D eigenvalue weighted by molar-refractivity contribution is 7.90. The van der Waals surface area contributed by atoms with Crippen molar-refractivity contribution in [1.29, 1.82) is 5.26 Å². The van der Waals surface area contributed by atoms with Gasteiger partial charge >= 0.3 is 0 Å². The van der Waals surface area contributed by atoms with Crippen molar-refractivity contribution >= 4 is 49.8 Å². The first-order chi connectivity index (χ1) is 18.0. The largest absolute Gasteiger partial charge is 0.382 e. The fourth-order valence-corrected chi connectivity index (χ4v) is 5.31. The molecule has 0 spiro atoms. The number of hydrogen-bond donors (Lipinski definition) is 1. The Morgan fingerprint density at radius 1 is 1.18 bits per heavy atom. The molecule has 1 aliphatic carbocycles. The lowest BCUT2D eigenvalue weighted by Crippen LogP contribution is -2.32. The van der Waals surface area contributed by atoms with E-state index in [9.17, 15) is 22.9 Å². The van der Waals surface area contributed by atoms with E-state index < -0.39 is 27.0 Å². The average molecular weight is 550 g/mol. The predicted molar refractivity (Wildman–Crippen MR) is 142 cm³/mol. The highest BCUT2D eigenvalue weighted by Crippen LogP contribution is 2.46. The van der Waals surface area contributed by atoms with Crippen LogP contribution in [-0.4, -0.2) is 30.5 Å². The van der Waals surface area contributed by atoms with Gasteiger partial charge in [0.2, 0.25) is 0 Å². The van der Waals surface area contributed by atoms with Crippen molar-refractivity contribution in [2.45, 2.75) is 29.7 Å². The highest BCUT2D eigenvalue weighted by atomic mass is 35.5. The number of aromatic nitrogens is 2. The van der Waals surface area contributed by atoms with E-state index in [0.29, 0.717) is 34.6 Å². The van der Waals surface area contributed by atoms with E-state index in [1.54, 1.807) is 36.4 Å². The van der Waals surface area contributed by atoms with Gasteiger partial charge in [-0.25, -0.2) is 17.8 Å². The molecule has 2 heterocycles. The quantitative estimate of drug-likeness (QED) is 0.365. The number of pyridine rings is 2. The molecule has 1 saturated carbocycles. The molecule has 0 saturated heterocycles. The molecular weight excluding hydrogens is 529 g/mol. The second kappa shape index (κ2) is 9.35. The van der Waals surface area contributed by atoms with Crippen LogP contribution in [0.4, 0.5) is 15.9 Å². The number of sulfone groups is 1. The van der Waals surface area contributed by atoms with E-state index in [1.807, 2.05) is 0 Å². The number of halogens is 2. The first-order valence-electron chi connectivity index (χ1n) is 11.5. The van der Waals surface area contributed by atoms with Crippen LogP contribution < -0.4 is 10.6 Å². The molecule has 11 heteroatoms. The first-order valence-corrected chi connectivity index (χ1v) is 13.8. The van der Waals surface area contributed by atoms with Gasteiger partial charge in [0.15, 0.2) is 9.84 Å². The minimum atomic E-state index is -3.90. The van der Waals surface area contributed by atoms with Gasteiger partial charge in [0.05, 0.1) is 50.4 Å². The molecule has 2 N–H and O–H groups in total. The Labute approximate surface area is 223 Å². The molecule has 0 atom stereocenters. The fraction of sp³-hybridized carbons (Fsp3) is 0.185. The standard InChI is InChI=1S/C27H21ClFN5O3S/c1-38(36,37)23-12-19(29)5-6-22(23)34(14-16-2-3-17-11-20(28)25(31)33-21(17)10-16)26(35)18-4-7-24(32-13-18)27(15-30)8-9-27/h2-7,10-13H,8-9,14H2,1H3,(H2,31,33). The predicted octanol–water partition coefficient (Wildman–Crippen LogP) is 4.81. The average Bonchev–Trinajstić information content (AvgIpc) is 3.69. The van der Waals surface area contributed by atoms with Gasteiger partial charge in [-0.15, -0.1) is 0 Å². The van der Waals surface area contributed by atoms with Crippen molar-refractivity contribution in [2.75, 3.05) is 16.9 Å². The molecule has 2 aromatic carbocycles. The number of fused-ring (bicyclic) bond motifs is 1. The van der Waals surface area contributed by atoms with Crippen LogP contribution in [0.25, 0.3) is 10.9 Å². The van der Waals surface area contributed by atoms with E-state index in [0.717, 1.165) is 23.8 Å². The number of nitriles is 1. The fourth-order valence-electron chi connectivity index (χ4n) is 4.27. The van der Waals surface area contributed by atoms with Crippen LogP contribution in [0.5, 0.6) is 0 Å². The Morgan fingerprint density at radius 3 is 2.58 bits per heavy atom. The van der Waals surface area contributed by atoms with Gasteiger partial charge in [0.25, 0.3) is 5.91 Å². The number of nitrogens with zero attached hydrogens (tertiary/aromatic N) is 4. The third-order valence-electron chi connectivity index (χ3n) is 6.53. The number of anilines is 2. The molecule has 0 bridgehead atoms. The van der Waals surface area contributed by atoms with Crippen molar-refractivity contribution in [2.24, 2.45) is 0 Å². The summed E-state index contributed by atoms with van der Waals surface area (Å²) in [6.45, 7) is -0.0585. The number of carbonyl (C=O) groups excluding carboxylic acids is 1. The molecule has 5 rings (SSSR count). The van der Waals surface area contributed by atoms with Gasteiger partial charge in [-0.3, -0.25) is 9.78 Å². The monoisotopic (exact) mass is 549 g/mol. The highest BCUT2D eigenvalue weighted by Gasteiger charge is 2.46. The van der Waals surface area contributed by atoms with Crippen molar-refractivity contribution in [1.82, 2.24) is 9.97 Å². The molecule has 1 amide bonds. The number of benzene rings is 2. The summed E-state index contributed by atoms with van der Waals surface area (Å²) >= 11 is 6.07. The van der Waals surface area contributed by atoms with Gasteiger partial charge < -0.3 is 10.6 Å². The molecular formula is C27H21ClFN5O3S. The summed E-state index contributed by atoms with van der Waals surface area (Å²) in [6, 6.07) is 15.6. The van der Waals surface area contributed by atoms with Gasteiger partial charge in [0.1, 0.15) is 11.6 Å². The van der Waals surface area contributed by atoms with Crippen molar-refractivity contribution in [3.63, 3.8) is 0 Å². The molecule has 1 fully saturated rings. The number of nitrogen functional groups attached to an aromatic ring is 1. The van der Waals surface area contributed by atoms with Gasteiger partial charge in [0, 0.05) is 17.8 Å². The minimum Gasteiger partial charge on any atom is -0.382 e. The molecule has 0 unspecified atom stereocenters. The minimum absolute atomic E-state index is 0.0161. The molecule has 38 heavy (non-hydrogen) atoms. The van der Waals surface area contributed by atoms with Gasteiger partial charge in [-0.1, -0.05) is 23.7 Å². The van der Waals surface area contributed by atoms with E-state index >= 15 is 0 Å². The summed E-state index contributed by atoms with van der Waals surface area (Å²) in [5, 5.41) is 10.5. The number of carbonyl (C=O) groups is 1. The van der Waals surface area contributed by atoms with Crippen LogP contribution in [0.15, 0.2) is 65.7 Å². The lowest BCUT2D eigenvalue weighted by molar-refractivity contribution is 0.0984. The number of rotatable bonds is 6. The summed E-state index contributed by atoms with van der Waals surface area (Å²) in [5.74, 6) is -1.15. The van der Waals surface area contributed by atoms with E-state index in [-0.39, 0.29) is 28.5 Å². The van der Waals surface area contributed by atoms with Crippen molar-refractivity contribution in [3.05, 3.63) is 88.5 Å². The van der Waals surface area contributed by atoms with Crippen LogP contribution in [0.2, 0.25) is 5.02 Å². The smallest absolute Gasteiger partial charge is 0.260 e. The molecule has 1 aliphatic rings. The first kappa shape index (κ1) is 25.6. The normalized spacial score (nSPS) is 14.2. The molecule has 0 radical (unpaired) electrons. The zero-order valence-corrected chi connectivity index (χ0v) is 21.7. The van der Waals surface area contributed by atoms with E-state index in [1.165, 1.54) is 17.2 Å². The molecule has 4 aromatic rings. The molecule has 0 aliphatic heterocycles. The molecule has 192 valence electrons. The summed E-state index contributed by atoms with van der Waals surface area (Å²) in [6.07, 6.45) is 3.73. The Kier molecular flexibility index (Phi) is 6.29. The molecule has 8 nitrogen and oxygen atoms in total. The van der Waals surface area contributed by atoms with Crippen LogP contribution >= 0.6 is 11.6 Å². The third-order valence-corrected chi connectivity index (χ3v) is 7.95. The topological polar surface area (TPSA) is 130 Å². The second-order valence-electron chi connectivity index (χ2n) is 9.28. The summed E-state index contributed by atoms with van der Waals surface area (Å²) in [4.78, 5) is 23.4. The maximum atomic E-state index is 14.1. The Hall–Kier alpha value is -4.07. The van der Waals surface area contributed by atoms with E-state index in [2.05, 4.69) is 16.0 Å². The lowest BCUT2D eigenvalue weighted by Gasteiger charge is -2.25. The maximum Gasteiger partial charge on any atom is 0.260 e. The number of amides is 1. The summed E-state index contributed by atoms with van der Waals surface area (Å²) in [5.41, 5.74) is 7.17. The summed E-state index contributed by atoms with van der Waals surface area (Å²) in [7, 11) is -3.90. The number of hydrogen-bond acceptors (Lipinski definition) is 7. The maximum absolute atomic E-state index is 14.1. The Morgan fingerprint density at radius 2 is 1.95 bits per heavy atom. The summed E-state index contributed by atoms with van der Waals surface area (Å²) < 4.78 is 39.3. The zero-order chi connectivity index (χ0) is 27.2. The van der Waals surface area contributed by atoms with Crippen LogP contribution in [0, 0.1) is 17.1 Å². The van der Waals surface area contributed by atoms with Crippen LogP contribution in [0.3, 0.4) is 0 Å². The zero-order valence-electron chi connectivity index (χ0n) is 20.1. The SMILES string of the molecule is CS(=O)(=O)c1cc(F)ccc1N(Cc1ccc2cc(Cl)c(N)nc2c1)C(=O)c1ccc(C2(C#N)CC2)nc1. The Balaban J connectivity index is 1.59. The van der Waals surface area contributed by atoms with Gasteiger partial charge in [-0.05, 0) is 60.9 Å². The Bertz CT molecular complexity index is 1750. The van der Waals surface area contributed by atoms with Crippen molar-refractivity contribution in [3.8, 4) is 6.07 Å². The lowest BCUT2D eigenvalue weighted by atomic mass is 10.0. The molecule has 2 aromatic heterocycles. The third kappa shape index (κ3) is 4.78. The number of nitrogens with two attached hydrogens (primary N) is 1. The van der Waals surface area contributed by atoms with Crippen LogP contribution in [-0.2, 0) is 21.8 Å². The van der Waals surface area contributed by atoms with Crippen LogP contribution in [0.1, 0.15) is 34.5 Å².